The number of hydrogen-bond acceptors (Lipinski definition) is 3. The second-order valence-corrected chi connectivity index (χ2v) is 7.16. The number of halogens is 1. The van der Waals surface area contributed by atoms with E-state index in [0.29, 0.717) is 17.5 Å². The molecule has 2 fully saturated rings. The maximum absolute atomic E-state index is 13.4. The van der Waals surface area contributed by atoms with Crippen molar-refractivity contribution in [2.45, 2.75) is 45.1 Å². The molecule has 1 amide bonds. The molecule has 0 aliphatic carbocycles. The van der Waals surface area contributed by atoms with Crippen LogP contribution in [-0.4, -0.2) is 53.0 Å². The van der Waals surface area contributed by atoms with Crippen LogP contribution in [0.1, 0.15) is 38.2 Å². The minimum Gasteiger partial charge on any atom is -0.505 e. The summed E-state index contributed by atoms with van der Waals surface area (Å²) in [5.74, 6) is -0.327. The first-order valence-electron chi connectivity index (χ1n) is 9.04. The zero-order valence-electron chi connectivity index (χ0n) is 14.4. The normalized spacial score (nSPS) is 21.2. The zero-order chi connectivity index (χ0) is 17.1. The van der Waals surface area contributed by atoms with Crippen LogP contribution < -0.4 is 0 Å². The number of likely N-dealkylation sites (tertiary alicyclic amines) is 2. The van der Waals surface area contributed by atoms with Crippen molar-refractivity contribution in [1.82, 2.24) is 9.80 Å². The number of phenols is 1. The van der Waals surface area contributed by atoms with Crippen molar-refractivity contribution in [3.8, 4) is 5.75 Å². The lowest BCUT2D eigenvalue weighted by Gasteiger charge is -2.38. The van der Waals surface area contributed by atoms with Crippen molar-refractivity contribution in [1.29, 1.82) is 0 Å². The molecule has 0 saturated carbocycles. The van der Waals surface area contributed by atoms with Gasteiger partial charge in [-0.2, -0.15) is 0 Å². The second-order valence-electron chi connectivity index (χ2n) is 7.16. The summed E-state index contributed by atoms with van der Waals surface area (Å²) in [6.07, 6.45) is 4.92. The molecule has 0 aromatic heterocycles. The van der Waals surface area contributed by atoms with Gasteiger partial charge in [0.2, 0.25) is 5.91 Å². The number of piperidine rings is 1. The van der Waals surface area contributed by atoms with E-state index in [1.807, 2.05) is 4.90 Å². The van der Waals surface area contributed by atoms with Crippen molar-refractivity contribution in [2.24, 2.45) is 5.92 Å². The molecule has 0 unspecified atom stereocenters. The van der Waals surface area contributed by atoms with Crippen molar-refractivity contribution < 1.29 is 14.3 Å². The van der Waals surface area contributed by atoms with Gasteiger partial charge in [0.1, 0.15) is 0 Å². The predicted octanol–water partition coefficient (Wildman–Crippen LogP) is 2.80. The van der Waals surface area contributed by atoms with E-state index in [2.05, 4.69) is 11.8 Å². The van der Waals surface area contributed by atoms with Crippen LogP contribution in [0.2, 0.25) is 0 Å². The first kappa shape index (κ1) is 17.2. The number of nitrogens with zero attached hydrogens (tertiary/aromatic N) is 2. The van der Waals surface area contributed by atoms with Gasteiger partial charge in [-0.3, -0.25) is 4.79 Å². The molecule has 3 rings (SSSR count). The number of carbonyl (C=O) groups excluding carboxylic acids is 1. The average Bonchev–Trinajstić information content (AvgIpc) is 3.12. The molecule has 2 aliphatic rings. The predicted molar refractivity (Wildman–Crippen MR) is 91.3 cm³/mol. The molecule has 132 valence electrons. The Hall–Kier alpha value is -1.62. The summed E-state index contributed by atoms with van der Waals surface area (Å²) < 4.78 is 13.4. The van der Waals surface area contributed by atoms with Gasteiger partial charge >= 0.3 is 0 Å². The summed E-state index contributed by atoms with van der Waals surface area (Å²) in [4.78, 5) is 16.9. The number of amides is 1. The Morgan fingerprint density at radius 1 is 1.25 bits per heavy atom. The highest BCUT2D eigenvalue weighted by Gasteiger charge is 2.30. The second kappa shape index (κ2) is 7.51. The number of carbonyl (C=O) groups is 1. The van der Waals surface area contributed by atoms with E-state index >= 15 is 0 Å². The van der Waals surface area contributed by atoms with Gasteiger partial charge in [0.05, 0.1) is 6.42 Å². The van der Waals surface area contributed by atoms with E-state index < -0.39 is 5.82 Å². The van der Waals surface area contributed by atoms with Gasteiger partial charge < -0.3 is 14.9 Å². The monoisotopic (exact) mass is 334 g/mol. The highest BCUT2D eigenvalue weighted by molar-refractivity contribution is 5.78. The van der Waals surface area contributed by atoms with Crippen LogP contribution in [0.15, 0.2) is 18.2 Å². The minimum absolute atomic E-state index is 0.0485. The van der Waals surface area contributed by atoms with Gasteiger partial charge in [-0.25, -0.2) is 4.39 Å². The van der Waals surface area contributed by atoms with Crippen LogP contribution in [0, 0.1) is 11.7 Å². The molecule has 0 radical (unpaired) electrons. The molecule has 2 aliphatic heterocycles. The molecule has 5 heteroatoms. The van der Waals surface area contributed by atoms with Crippen molar-refractivity contribution in [2.75, 3.05) is 26.2 Å². The van der Waals surface area contributed by atoms with E-state index in [4.69, 9.17) is 0 Å². The minimum atomic E-state index is -0.668. The molecule has 1 aromatic rings. The van der Waals surface area contributed by atoms with Gasteiger partial charge in [-0.15, -0.1) is 0 Å². The molecule has 2 heterocycles. The number of benzene rings is 1. The van der Waals surface area contributed by atoms with Crippen LogP contribution in [-0.2, 0) is 11.2 Å². The van der Waals surface area contributed by atoms with Crippen LogP contribution in [0.3, 0.4) is 0 Å². The van der Waals surface area contributed by atoms with Gasteiger partial charge in [-0.05, 0) is 69.3 Å². The fourth-order valence-electron chi connectivity index (χ4n) is 4.03. The Morgan fingerprint density at radius 3 is 2.54 bits per heavy atom. The van der Waals surface area contributed by atoms with Gasteiger partial charge in [0.25, 0.3) is 0 Å². The molecular weight excluding hydrogens is 307 g/mol. The third-order valence-corrected chi connectivity index (χ3v) is 5.66. The fourth-order valence-corrected chi connectivity index (χ4v) is 4.03. The standard InChI is InChI=1S/C19H27FN2O2/c1-14(21-8-2-3-9-21)16-6-10-22(11-7-16)19(24)13-15-4-5-18(23)17(20)12-15/h4-5,12,14,16,23H,2-3,6-11,13H2,1H3/t14-/m1/s1. The van der Waals surface area contributed by atoms with Crippen LogP contribution >= 0.6 is 0 Å². The highest BCUT2D eigenvalue weighted by atomic mass is 19.1. The molecule has 2 saturated heterocycles. The van der Waals surface area contributed by atoms with Gasteiger partial charge in [0, 0.05) is 19.1 Å². The number of rotatable bonds is 4. The van der Waals surface area contributed by atoms with Crippen LogP contribution in [0.5, 0.6) is 5.75 Å². The number of hydrogen-bond donors (Lipinski definition) is 1. The van der Waals surface area contributed by atoms with E-state index in [1.54, 1.807) is 6.07 Å². The lowest BCUT2D eigenvalue weighted by molar-refractivity contribution is -0.132. The summed E-state index contributed by atoms with van der Waals surface area (Å²) in [6, 6.07) is 4.77. The molecule has 1 N–H and O–H groups in total. The largest absolute Gasteiger partial charge is 0.505 e. The Balaban J connectivity index is 1.50. The average molecular weight is 334 g/mol. The summed E-state index contributed by atoms with van der Waals surface area (Å²) >= 11 is 0. The summed E-state index contributed by atoms with van der Waals surface area (Å²) in [5.41, 5.74) is 0.614. The quantitative estimate of drug-likeness (QED) is 0.921. The third-order valence-electron chi connectivity index (χ3n) is 5.66. The van der Waals surface area contributed by atoms with E-state index in [9.17, 15) is 14.3 Å². The summed E-state index contributed by atoms with van der Waals surface area (Å²) in [7, 11) is 0. The summed E-state index contributed by atoms with van der Waals surface area (Å²) in [6.45, 7) is 6.34. The molecule has 0 spiro atoms. The van der Waals surface area contributed by atoms with Crippen molar-refractivity contribution in [3.63, 3.8) is 0 Å². The molecule has 1 atom stereocenters. The maximum Gasteiger partial charge on any atom is 0.226 e. The highest BCUT2D eigenvalue weighted by Crippen LogP contribution is 2.27. The van der Waals surface area contributed by atoms with Gasteiger partial charge in [0.15, 0.2) is 11.6 Å². The topological polar surface area (TPSA) is 43.8 Å². The number of aromatic hydroxyl groups is 1. The molecule has 1 aromatic carbocycles. The van der Waals surface area contributed by atoms with E-state index in [0.717, 1.165) is 25.9 Å². The lowest BCUT2D eigenvalue weighted by atomic mass is 9.89. The lowest BCUT2D eigenvalue weighted by Crippen LogP contribution is -2.45. The third kappa shape index (κ3) is 3.89. The first-order chi connectivity index (χ1) is 11.5. The summed E-state index contributed by atoms with van der Waals surface area (Å²) in [5, 5.41) is 9.22. The van der Waals surface area contributed by atoms with Crippen LogP contribution in [0.25, 0.3) is 0 Å². The fraction of sp³-hybridized carbons (Fsp3) is 0.632. The SMILES string of the molecule is C[C@H](C1CCN(C(=O)Cc2ccc(O)c(F)c2)CC1)N1CCCC1. The number of phenolic OH excluding ortho intramolecular Hbond substituents is 1. The van der Waals surface area contributed by atoms with Crippen LogP contribution in [0.4, 0.5) is 4.39 Å². The first-order valence-corrected chi connectivity index (χ1v) is 9.04. The van der Waals surface area contributed by atoms with Crippen molar-refractivity contribution >= 4 is 5.91 Å². The molecule has 0 bridgehead atoms. The molecule has 4 nitrogen and oxygen atoms in total. The Kier molecular flexibility index (Phi) is 5.39. The zero-order valence-corrected chi connectivity index (χ0v) is 14.4. The Morgan fingerprint density at radius 2 is 1.92 bits per heavy atom. The van der Waals surface area contributed by atoms with E-state index in [-0.39, 0.29) is 18.1 Å². The van der Waals surface area contributed by atoms with E-state index in [1.165, 1.54) is 38.1 Å². The van der Waals surface area contributed by atoms with Crippen molar-refractivity contribution in [3.05, 3.63) is 29.6 Å². The molecule has 24 heavy (non-hydrogen) atoms. The Bertz CT molecular complexity index is 579. The Labute approximate surface area is 143 Å². The molecular formula is C19H27FN2O2. The smallest absolute Gasteiger partial charge is 0.226 e. The van der Waals surface area contributed by atoms with Gasteiger partial charge in [-0.1, -0.05) is 6.07 Å². The maximum atomic E-state index is 13.4.